The number of nitrogens with one attached hydrogen (secondary N) is 3. The van der Waals surface area contributed by atoms with Gasteiger partial charge in [-0.3, -0.25) is 14.4 Å². The van der Waals surface area contributed by atoms with E-state index in [4.69, 9.17) is 4.74 Å². The van der Waals surface area contributed by atoms with E-state index in [1.165, 1.54) is 23.1 Å². The van der Waals surface area contributed by atoms with Gasteiger partial charge in [0.25, 0.3) is 11.8 Å². The third-order valence-electron chi connectivity index (χ3n) is 6.34. The molecular weight excluding hydrogens is 593 g/mol. The van der Waals surface area contributed by atoms with Crippen molar-refractivity contribution in [2.75, 3.05) is 17.7 Å². The molecule has 0 aliphatic carbocycles. The number of rotatable bonds is 11. The molecule has 0 bridgehead atoms. The van der Waals surface area contributed by atoms with Crippen molar-refractivity contribution in [3.05, 3.63) is 143 Å². The van der Waals surface area contributed by atoms with E-state index >= 15 is 0 Å². The number of aromatic nitrogens is 1. The number of thiazole rings is 1. The fraction of sp³-hybridized carbons (Fsp3) is 0.0588. The molecule has 5 aromatic rings. The van der Waals surface area contributed by atoms with Gasteiger partial charge in [-0.25, -0.2) is 4.98 Å². The molecule has 4 aromatic carbocycles. The molecule has 220 valence electrons. The molecule has 3 amide bonds. The summed E-state index contributed by atoms with van der Waals surface area (Å²) in [4.78, 5) is 44.7. The lowest BCUT2D eigenvalue weighted by Crippen LogP contribution is -2.30. The SMILES string of the molecule is COc1ccccc1/C=C(\NC(=O)c1ccccc1)C(=O)Nc1ccc(SC(C(=O)Nc2nccs2)c2ccccc2)cc1. The number of benzene rings is 4. The van der Waals surface area contributed by atoms with Crippen LogP contribution < -0.4 is 20.7 Å². The Hall–Kier alpha value is -5.19. The molecule has 0 fully saturated rings. The summed E-state index contributed by atoms with van der Waals surface area (Å²) >= 11 is 2.74. The monoisotopic (exact) mass is 620 g/mol. The second kappa shape index (κ2) is 14.8. The minimum absolute atomic E-state index is 0.0461. The van der Waals surface area contributed by atoms with E-state index in [0.717, 1.165) is 10.5 Å². The van der Waals surface area contributed by atoms with E-state index in [0.29, 0.717) is 27.7 Å². The summed E-state index contributed by atoms with van der Waals surface area (Å²) in [7, 11) is 1.54. The summed E-state index contributed by atoms with van der Waals surface area (Å²) in [5, 5.41) is 10.3. The van der Waals surface area contributed by atoms with Crippen LogP contribution in [-0.4, -0.2) is 29.8 Å². The Bertz CT molecular complexity index is 1740. The third-order valence-corrected chi connectivity index (χ3v) is 8.29. The number of hydrogen-bond acceptors (Lipinski definition) is 7. The van der Waals surface area contributed by atoms with Crippen LogP contribution >= 0.6 is 23.1 Å². The fourth-order valence-electron chi connectivity index (χ4n) is 4.19. The Morgan fingerprint density at radius 3 is 2.20 bits per heavy atom. The van der Waals surface area contributed by atoms with Crippen LogP contribution in [0.2, 0.25) is 0 Å². The number of hydrogen-bond donors (Lipinski definition) is 3. The number of nitrogens with zero attached hydrogens (tertiary/aromatic N) is 1. The molecule has 0 spiro atoms. The molecule has 1 atom stereocenters. The smallest absolute Gasteiger partial charge is 0.272 e. The first-order valence-electron chi connectivity index (χ1n) is 13.5. The number of thioether (sulfide) groups is 1. The highest BCUT2D eigenvalue weighted by Gasteiger charge is 2.23. The Balaban J connectivity index is 1.34. The summed E-state index contributed by atoms with van der Waals surface area (Å²) in [5.41, 5.74) is 2.46. The summed E-state index contributed by atoms with van der Waals surface area (Å²) in [6.45, 7) is 0. The Labute approximate surface area is 263 Å². The quantitative estimate of drug-likeness (QED) is 0.108. The number of para-hydroxylation sites is 1. The van der Waals surface area contributed by atoms with Gasteiger partial charge in [-0.2, -0.15) is 0 Å². The van der Waals surface area contributed by atoms with Crippen molar-refractivity contribution < 1.29 is 19.1 Å². The van der Waals surface area contributed by atoms with Crippen LogP contribution in [-0.2, 0) is 9.59 Å². The van der Waals surface area contributed by atoms with Gasteiger partial charge < -0.3 is 20.7 Å². The zero-order valence-electron chi connectivity index (χ0n) is 23.6. The molecule has 0 radical (unpaired) electrons. The largest absolute Gasteiger partial charge is 0.496 e. The topological polar surface area (TPSA) is 109 Å². The van der Waals surface area contributed by atoms with Crippen LogP contribution in [0.5, 0.6) is 5.75 Å². The zero-order chi connectivity index (χ0) is 30.7. The van der Waals surface area contributed by atoms with Gasteiger partial charge in [-0.05, 0) is 54.1 Å². The Morgan fingerprint density at radius 1 is 0.841 bits per heavy atom. The number of amides is 3. The highest BCUT2D eigenvalue weighted by Crippen LogP contribution is 2.37. The maximum atomic E-state index is 13.5. The summed E-state index contributed by atoms with van der Waals surface area (Å²) in [6, 6.07) is 32.5. The molecule has 3 N–H and O–H groups in total. The van der Waals surface area contributed by atoms with Crippen molar-refractivity contribution in [2.24, 2.45) is 0 Å². The predicted octanol–water partition coefficient (Wildman–Crippen LogP) is 7.03. The van der Waals surface area contributed by atoms with E-state index in [2.05, 4.69) is 20.9 Å². The number of carbonyl (C=O) groups is 3. The highest BCUT2D eigenvalue weighted by molar-refractivity contribution is 8.00. The van der Waals surface area contributed by atoms with Gasteiger partial charge in [0, 0.05) is 33.3 Å². The van der Waals surface area contributed by atoms with Crippen LogP contribution in [0.25, 0.3) is 6.08 Å². The fourth-order valence-corrected chi connectivity index (χ4v) is 5.75. The molecule has 5 rings (SSSR count). The minimum Gasteiger partial charge on any atom is -0.496 e. The van der Waals surface area contributed by atoms with Crippen molar-refractivity contribution in [2.45, 2.75) is 10.1 Å². The van der Waals surface area contributed by atoms with Crippen molar-refractivity contribution in [3.8, 4) is 5.75 Å². The van der Waals surface area contributed by atoms with Gasteiger partial charge in [0.1, 0.15) is 16.7 Å². The summed E-state index contributed by atoms with van der Waals surface area (Å²) in [6.07, 6.45) is 3.22. The minimum atomic E-state index is -0.524. The van der Waals surface area contributed by atoms with Crippen molar-refractivity contribution >= 4 is 57.7 Å². The summed E-state index contributed by atoms with van der Waals surface area (Å²) < 4.78 is 5.43. The first kappa shape index (κ1) is 30.3. The number of anilines is 2. The van der Waals surface area contributed by atoms with Crippen LogP contribution in [0.4, 0.5) is 10.8 Å². The van der Waals surface area contributed by atoms with Crippen LogP contribution in [0, 0.1) is 0 Å². The number of carbonyl (C=O) groups excluding carboxylic acids is 3. The molecular formula is C34H28N4O4S2. The molecule has 0 aliphatic heterocycles. The molecule has 0 saturated heterocycles. The van der Waals surface area contributed by atoms with Crippen molar-refractivity contribution in [1.29, 1.82) is 0 Å². The average molecular weight is 621 g/mol. The average Bonchev–Trinajstić information content (AvgIpc) is 3.58. The third kappa shape index (κ3) is 8.00. The predicted molar refractivity (Wildman–Crippen MR) is 176 cm³/mol. The van der Waals surface area contributed by atoms with Gasteiger partial charge in [-0.1, -0.05) is 66.7 Å². The van der Waals surface area contributed by atoms with Crippen molar-refractivity contribution in [3.63, 3.8) is 0 Å². The first-order chi connectivity index (χ1) is 21.5. The Morgan fingerprint density at radius 2 is 1.52 bits per heavy atom. The van der Waals surface area contributed by atoms with Gasteiger partial charge in [0.05, 0.1) is 7.11 Å². The molecule has 1 unspecified atom stereocenters. The molecule has 1 aromatic heterocycles. The second-order valence-corrected chi connectivity index (χ2v) is 11.4. The lowest BCUT2D eigenvalue weighted by molar-refractivity contribution is -0.116. The first-order valence-corrected chi connectivity index (χ1v) is 15.3. The van der Waals surface area contributed by atoms with E-state index in [1.807, 2.05) is 60.7 Å². The normalized spacial score (nSPS) is 11.7. The van der Waals surface area contributed by atoms with Crippen LogP contribution in [0.15, 0.2) is 131 Å². The van der Waals surface area contributed by atoms with Gasteiger partial charge in [0.2, 0.25) is 5.91 Å². The van der Waals surface area contributed by atoms with E-state index in [1.54, 1.807) is 73.3 Å². The maximum absolute atomic E-state index is 13.5. The standard InChI is InChI=1S/C34H28N4O4S2/c1-42-29-15-9-8-14-25(29)22-28(37-31(39)24-12-6-3-7-13-24)32(40)36-26-16-18-27(19-17-26)44-30(23-10-4-2-5-11-23)33(41)38-34-35-20-21-43-34/h2-22,30H,1H3,(H,36,40)(H,37,39)(H,35,38,41)/b28-22-. The lowest BCUT2D eigenvalue weighted by atomic mass is 10.1. The molecule has 0 saturated carbocycles. The van der Waals surface area contributed by atoms with Crippen molar-refractivity contribution in [1.82, 2.24) is 10.3 Å². The van der Waals surface area contributed by atoms with Gasteiger partial charge in [0.15, 0.2) is 5.13 Å². The maximum Gasteiger partial charge on any atom is 0.272 e. The van der Waals surface area contributed by atoms with Gasteiger partial charge >= 0.3 is 0 Å². The molecule has 0 aliphatic rings. The van der Waals surface area contributed by atoms with E-state index < -0.39 is 17.1 Å². The van der Waals surface area contributed by atoms with Gasteiger partial charge in [-0.15, -0.1) is 23.1 Å². The Kier molecular flexibility index (Phi) is 10.2. The second-order valence-electron chi connectivity index (χ2n) is 9.33. The lowest BCUT2D eigenvalue weighted by Gasteiger charge is -2.17. The zero-order valence-corrected chi connectivity index (χ0v) is 25.2. The molecule has 44 heavy (non-hydrogen) atoms. The van der Waals surface area contributed by atoms with E-state index in [9.17, 15) is 14.4 Å². The number of methoxy groups -OCH3 is 1. The molecule has 10 heteroatoms. The van der Waals surface area contributed by atoms with Crippen LogP contribution in [0.1, 0.15) is 26.7 Å². The van der Waals surface area contributed by atoms with Crippen LogP contribution in [0.3, 0.4) is 0 Å². The highest BCUT2D eigenvalue weighted by atomic mass is 32.2. The summed E-state index contributed by atoms with van der Waals surface area (Å²) in [5.74, 6) is -0.559. The van der Waals surface area contributed by atoms with E-state index in [-0.39, 0.29) is 11.6 Å². The number of ether oxygens (including phenoxy) is 1. The molecule has 1 heterocycles. The molecule has 8 nitrogen and oxygen atoms in total.